The van der Waals surface area contributed by atoms with Gasteiger partial charge in [0, 0.05) is 56.7 Å². The number of carboxylic acid groups (broad SMARTS) is 2. The minimum Gasteiger partial charge on any atom is -0.507 e. The van der Waals surface area contributed by atoms with Gasteiger partial charge in [0.1, 0.15) is 29.0 Å². The summed E-state index contributed by atoms with van der Waals surface area (Å²) in [4.78, 5) is 52.4. The molecular formula is C33H31N3O10. The maximum atomic E-state index is 14.6. The summed E-state index contributed by atoms with van der Waals surface area (Å²) in [5, 5.41) is 36.0. The first-order valence-electron chi connectivity index (χ1n) is 14.4. The predicted octanol–water partition coefficient (Wildman–Crippen LogP) is 3.86. The number of anilines is 2. The van der Waals surface area contributed by atoms with Crippen molar-refractivity contribution in [2.75, 3.05) is 38.6 Å². The Balaban J connectivity index is 2.00. The third-order valence-corrected chi connectivity index (χ3v) is 8.45. The Morgan fingerprint density at radius 3 is 2.11 bits per heavy atom. The Bertz CT molecular complexity index is 2260. The average molecular weight is 630 g/mol. The Labute approximate surface area is 260 Å². The summed E-state index contributed by atoms with van der Waals surface area (Å²) in [5.74, 6) is -2.68. The number of hydrazine groups is 1. The molecule has 6 rings (SSSR count). The van der Waals surface area contributed by atoms with E-state index in [4.69, 9.17) is 14.2 Å². The van der Waals surface area contributed by atoms with Crippen LogP contribution in [0.25, 0.3) is 49.2 Å². The second kappa shape index (κ2) is 11.1. The van der Waals surface area contributed by atoms with Gasteiger partial charge in [0.05, 0.1) is 44.2 Å². The van der Waals surface area contributed by atoms with Crippen LogP contribution in [0.5, 0.6) is 23.0 Å². The molecule has 13 heteroatoms. The summed E-state index contributed by atoms with van der Waals surface area (Å²) < 4.78 is 17.3. The number of hydrogen-bond donors (Lipinski definition) is 6. The molecule has 0 heterocycles. The summed E-state index contributed by atoms with van der Waals surface area (Å²) >= 11 is 0. The van der Waals surface area contributed by atoms with Crippen LogP contribution in [0.4, 0.5) is 11.4 Å². The highest BCUT2D eigenvalue weighted by Gasteiger charge is 2.33. The lowest BCUT2D eigenvalue weighted by atomic mass is 9.83. The van der Waals surface area contributed by atoms with Crippen LogP contribution in [-0.4, -0.2) is 61.2 Å². The van der Waals surface area contributed by atoms with Gasteiger partial charge in [-0.05, 0) is 18.7 Å². The second-order valence-electron chi connectivity index (χ2n) is 11.1. The Morgan fingerprint density at radius 1 is 0.870 bits per heavy atom. The number of methoxy groups -OCH3 is 3. The summed E-state index contributed by atoms with van der Waals surface area (Å²) in [6, 6.07) is 1.16. The minimum atomic E-state index is -1.59. The zero-order valence-electron chi connectivity index (χ0n) is 25.6. The van der Waals surface area contributed by atoms with Crippen LogP contribution in [0.15, 0.2) is 27.3 Å². The molecule has 46 heavy (non-hydrogen) atoms. The van der Waals surface area contributed by atoms with Crippen LogP contribution in [0.1, 0.15) is 31.4 Å². The molecule has 0 amide bonds. The number of fused-ring (bicyclic) bond motifs is 1. The van der Waals surface area contributed by atoms with Gasteiger partial charge in [-0.1, -0.05) is 18.6 Å². The molecule has 0 saturated heterocycles. The molecule has 1 unspecified atom stereocenters. The standard InChI is InChI=1S/C33H31N3O10/c1-6-34-36-29-13-7-12(2)8-14-22-21(13)27-23(30(29)40)15(35-16(33(42)43)10-20(38)39)9-18(44-3)25(27)26-19(45-4)11-17(37)24(28(22)26)31(41)32(14)46-5/h7,9,11,16,34-37H,6,8,10H2,1-5H3,(H,38,39)(H,42,43). The third-order valence-electron chi connectivity index (χ3n) is 8.45. The number of aromatic hydroxyl groups is 1. The number of carboxylic acids is 2. The second-order valence-corrected chi connectivity index (χ2v) is 11.1. The quantitative estimate of drug-likeness (QED) is 0.0702. The van der Waals surface area contributed by atoms with E-state index in [1.54, 1.807) is 0 Å². The molecule has 0 aromatic heterocycles. The SMILES string of the molecule is CCNNc1c2c3c4c(c(OC)c(=O)c5c(O)cc(OC)c(c6c(OC)cc(NC(CC(=O)O)C(=O)O)c(c1=O)c63)c54)CC(C)=C2. The van der Waals surface area contributed by atoms with E-state index < -0.39 is 35.3 Å². The maximum absolute atomic E-state index is 14.6. The van der Waals surface area contributed by atoms with Crippen LogP contribution in [0.2, 0.25) is 0 Å². The fourth-order valence-electron chi connectivity index (χ4n) is 6.73. The molecular weight excluding hydrogens is 598 g/mol. The van der Waals surface area contributed by atoms with Gasteiger partial charge in [-0.3, -0.25) is 14.4 Å². The van der Waals surface area contributed by atoms with E-state index in [0.717, 1.165) is 5.57 Å². The molecule has 1 atom stereocenters. The van der Waals surface area contributed by atoms with Crippen LogP contribution in [0, 0.1) is 0 Å². The smallest absolute Gasteiger partial charge is 0.326 e. The topological polar surface area (TPSA) is 193 Å². The van der Waals surface area contributed by atoms with Gasteiger partial charge in [-0.25, -0.2) is 10.2 Å². The lowest BCUT2D eigenvalue weighted by Crippen LogP contribution is -2.32. The van der Waals surface area contributed by atoms with Crippen LogP contribution >= 0.6 is 0 Å². The van der Waals surface area contributed by atoms with E-state index in [1.165, 1.54) is 33.5 Å². The lowest BCUT2D eigenvalue weighted by molar-refractivity contribution is -0.144. The number of rotatable bonds is 11. The van der Waals surface area contributed by atoms with Crippen LogP contribution in [-0.2, 0) is 16.0 Å². The van der Waals surface area contributed by atoms with Crippen molar-refractivity contribution in [3.63, 3.8) is 0 Å². The largest absolute Gasteiger partial charge is 0.507 e. The fraction of sp³-hybridized carbons (Fsp3) is 0.273. The monoisotopic (exact) mass is 629 g/mol. The van der Waals surface area contributed by atoms with Crippen molar-refractivity contribution in [2.45, 2.75) is 32.7 Å². The molecule has 13 nitrogen and oxygen atoms in total. The first-order chi connectivity index (χ1) is 22.0. The molecule has 0 bridgehead atoms. The molecule has 5 aromatic carbocycles. The van der Waals surface area contributed by atoms with Crippen molar-refractivity contribution in [2.24, 2.45) is 0 Å². The van der Waals surface area contributed by atoms with Crippen molar-refractivity contribution in [1.82, 2.24) is 5.43 Å². The maximum Gasteiger partial charge on any atom is 0.326 e. The average Bonchev–Trinajstić information content (AvgIpc) is 3.16. The number of hydrogen-bond acceptors (Lipinski definition) is 11. The Hall–Kier alpha value is -5.56. The molecule has 0 spiro atoms. The van der Waals surface area contributed by atoms with Crippen molar-refractivity contribution >= 4 is 72.5 Å². The number of carbonyl (C=O) groups is 2. The highest BCUT2D eigenvalue weighted by molar-refractivity contribution is 6.40. The molecule has 5 aromatic rings. The molecule has 0 saturated carbocycles. The van der Waals surface area contributed by atoms with Gasteiger partial charge >= 0.3 is 11.9 Å². The van der Waals surface area contributed by atoms with Crippen molar-refractivity contribution in [3.8, 4) is 23.0 Å². The predicted molar refractivity (Wildman–Crippen MR) is 175 cm³/mol. The Morgan fingerprint density at radius 2 is 1.52 bits per heavy atom. The molecule has 0 fully saturated rings. The third kappa shape index (κ3) is 4.26. The number of allylic oxidation sites excluding steroid dienone is 1. The normalized spacial score (nSPS) is 13.3. The summed E-state index contributed by atoms with van der Waals surface area (Å²) in [6.07, 6.45) is 1.35. The number of phenols is 1. The number of benzene rings is 5. The van der Waals surface area contributed by atoms with Gasteiger partial charge < -0.3 is 40.3 Å². The lowest BCUT2D eigenvalue weighted by Gasteiger charge is -2.25. The minimum absolute atomic E-state index is 0.000232. The Kier molecular flexibility index (Phi) is 7.36. The highest BCUT2D eigenvalue weighted by Crippen LogP contribution is 2.54. The fourth-order valence-corrected chi connectivity index (χ4v) is 6.73. The van der Waals surface area contributed by atoms with Gasteiger partial charge in [-0.2, -0.15) is 0 Å². The molecule has 238 valence electrons. The van der Waals surface area contributed by atoms with Gasteiger partial charge in [0.25, 0.3) is 0 Å². The summed E-state index contributed by atoms with van der Waals surface area (Å²) in [6.45, 7) is 4.14. The highest BCUT2D eigenvalue weighted by atomic mass is 16.5. The number of phenolic OH excluding ortho intramolecular Hbond substituents is 1. The van der Waals surface area contributed by atoms with Gasteiger partial charge in [0.15, 0.2) is 5.75 Å². The molecule has 0 radical (unpaired) electrons. The zero-order chi connectivity index (χ0) is 33.2. The first-order valence-corrected chi connectivity index (χ1v) is 14.4. The summed E-state index contributed by atoms with van der Waals surface area (Å²) in [5.41, 5.74) is 7.00. The number of nitrogens with one attached hydrogen (secondary N) is 3. The van der Waals surface area contributed by atoms with E-state index in [-0.39, 0.29) is 51.6 Å². The molecule has 6 N–H and O–H groups in total. The van der Waals surface area contributed by atoms with E-state index in [2.05, 4.69) is 16.2 Å². The first kappa shape index (κ1) is 30.5. The number of ether oxygens (including phenoxy) is 3. The molecule has 1 aliphatic rings. The van der Waals surface area contributed by atoms with Gasteiger partial charge in [0.2, 0.25) is 10.9 Å². The van der Waals surface area contributed by atoms with Crippen molar-refractivity contribution in [1.29, 1.82) is 0 Å². The van der Waals surface area contributed by atoms with Crippen molar-refractivity contribution in [3.05, 3.63) is 49.3 Å². The number of aliphatic carboxylic acids is 2. The van der Waals surface area contributed by atoms with Crippen LogP contribution < -0.4 is 41.2 Å². The van der Waals surface area contributed by atoms with Crippen molar-refractivity contribution < 1.29 is 39.1 Å². The zero-order valence-corrected chi connectivity index (χ0v) is 25.6. The van der Waals surface area contributed by atoms with E-state index >= 15 is 0 Å². The van der Waals surface area contributed by atoms with Gasteiger partial charge in [-0.15, -0.1) is 0 Å². The van der Waals surface area contributed by atoms with E-state index in [0.29, 0.717) is 50.0 Å². The van der Waals surface area contributed by atoms with Crippen LogP contribution in [0.3, 0.4) is 0 Å². The molecule has 1 aliphatic carbocycles. The molecule has 0 aliphatic heterocycles. The summed E-state index contributed by atoms with van der Waals surface area (Å²) in [7, 11) is 4.19. The van der Waals surface area contributed by atoms with E-state index in [1.807, 2.05) is 19.9 Å². The van der Waals surface area contributed by atoms with E-state index in [9.17, 15) is 34.5 Å².